The molecule has 2 aliphatic heterocycles. The number of rotatable bonds is 3. The van der Waals surface area contributed by atoms with Gasteiger partial charge in [-0.25, -0.2) is 0 Å². The largest absolute Gasteiger partial charge is 0.342 e. The molecule has 0 spiro atoms. The van der Waals surface area contributed by atoms with Crippen molar-refractivity contribution in [2.45, 2.75) is 57.7 Å². The van der Waals surface area contributed by atoms with Gasteiger partial charge in [0.15, 0.2) is 5.69 Å². The predicted molar refractivity (Wildman–Crippen MR) is 88.9 cm³/mol. The first-order valence-electron chi connectivity index (χ1n) is 9.21. The van der Waals surface area contributed by atoms with Gasteiger partial charge in [0.2, 0.25) is 5.91 Å². The van der Waals surface area contributed by atoms with Gasteiger partial charge in [-0.15, -0.1) is 0 Å². The Labute approximate surface area is 143 Å². The smallest absolute Gasteiger partial charge is 0.222 e. The van der Waals surface area contributed by atoms with Crippen molar-refractivity contribution in [1.82, 2.24) is 19.6 Å². The summed E-state index contributed by atoms with van der Waals surface area (Å²) in [6.45, 7) is 4.65. The SMILES string of the molecule is N#Cc1cc2n(n1)CCCN(C1CCC(=O)N(CC3CC3)CC1)C2. The van der Waals surface area contributed by atoms with Gasteiger partial charge in [-0.3, -0.25) is 14.4 Å². The second kappa shape index (κ2) is 6.56. The van der Waals surface area contributed by atoms with Crippen molar-refractivity contribution in [3.05, 3.63) is 17.5 Å². The maximum Gasteiger partial charge on any atom is 0.222 e. The lowest BCUT2D eigenvalue weighted by Gasteiger charge is -2.29. The molecule has 24 heavy (non-hydrogen) atoms. The fraction of sp³-hybridized carbons (Fsp3) is 0.722. The van der Waals surface area contributed by atoms with Crippen molar-refractivity contribution in [1.29, 1.82) is 5.26 Å². The molecule has 4 rings (SSSR count). The van der Waals surface area contributed by atoms with Gasteiger partial charge in [-0.1, -0.05) is 0 Å². The number of amides is 1. The first-order valence-corrected chi connectivity index (χ1v) is 9.21. The van der Waals surface area contributed by atoms with Gasteiger partial charge in [-0.05, 0) is 44.1 Å². The Kier molecular flexibility index (Phi) is 4.28. The van der Waals surface area contributed by atoms with Crippen LogP contribution in [0.25, 0.3) is 0 Å². The van der Waals surface area contributed by atoms with E-state index in [0.29, 0.717) is 24.1 Å². The number of carbonyl (C=O) groups excluding carboxylic acids is 1. The minimum absolute atomic E-state index is 0.344. The Bertz CT molecular complexity index is 657. The van der Waals surface area contributed by atoms with Crippen LogP contribution in [0.5, 0.6) is 0 Å². The molecule has 0 bridgehead atoms. The van der Waals surface area contributed by atoms with Crippen molar-refractivity contribution in [2.24, 2.45) is 5.92 Å². The molecule has 6 nitrogen and oxygen atoms in total. The third kappa shape index (κ3) is 3.32. The Morgan fingerprint density at radius 3 is 2.88 bits per heavy atom. The van der Waals surface area contributed by atoms with E-state index in [1.54, 1.807) is 0 Å². The van der Waals surface area contributed by atoms with E-state index in [9.17, 15) is 4.79 Å². The summed E-state index contributed by atoms with van der Waals surface area (Å²) >= 11 is 0. The summed E-state index contributed by atoms with van der Waals surface area (Å²) in [5.74, 6) is 1.11. The molecular formula is C18H25N5O. The highest BCUT2D eigenvalue weighted by Crippen LogP contribution is 2.31. The highest BCUT2D eigenvalue weighted by molar-refractivity contribution is 5.76. The third-order valence-corrected chi connectivity index (χ3v) is 5.63. The highest BCUT2D eigenvalue weighted by Gasteiger charge is 2.31. The lowest BCUT2D eigenvalue weighted by Crippen LogP contribution is -2.36. The van der Waals surface area contributed by atoms with Crippen LogP contribution in [-0.4, -0.2) is 51.2 Å². The Morgan fingerprint density at radius 1 is 1.21 bits per heavy atom. The molecule has 1 saturated carbocycles. The van der Waals surface area contributed by atoms with Gasteiger partial charge in [-0.2, -0.15) is 10.4 Å². The topological polar surface area (TPSA) is 65.2 Å². The number of nitrogens with zero attached hydrogens (tertiary/aromatic N) is 5. The van der Waals surface area contributed by atoms with E-state index >= 15 is 0 Å². The normalized spacial score (nSPS) is 25.7. The van der Waals surface area contributed by atoms with E-state index in [2.05, 4.69) is 21.0 Å². The van der Waals surface area contributed by atoms with Crippen LogP contribution < -0.4 is 0 Å². The zero-order chi connectivity index (χ0) is 16.5. The number of fused-ring (bicyclic) bond motifs is 1. The number of hydrogen-bond acceptors (Lipinski definition) is 4. The monoisotopic (exact) mass is 327 g/mol. The van der Waals surface area contributed by atoms with Crippen LogP contribution in [-0.2, 0) is 17.9 Å². The molecule has 0 radical (unpaired) electrons. The van der Waals surface area contributed by atoms with E-state index in [0.717, 1.165) is 63.6 Å². The fourth-order valence-electron chi connectivity index (χ4n) is 4.05. The lowest BCUT2D eigenvalue weighted by molar-refractivity contribution is -0.130. The van der Waals surface area contributed by atoms with E-state index in [1.165, 1.54) is 12.8 Å². The van der Waals surface area contributed by atoms with Crippen molar-refractivity contribution >= 4 is 5.91 Å². The molecule has 1 atom stereocenters. The molecule has 1 aromatic heterocycles. The molecule has 1 saturated heterocycles. The average molecular weight is 327 g/mol. The van der Waals surface area contributed by atoms with Gasteiger partial charge >= 0.3 is 0 Å². The molecule has 1 unspecified atom stereocenters. The van der Waals surface area contributed by atoms with Crippen LogP contribution in [0.3, 0.4) is 0 Å². The van der Waals surface area contributed by atoms with Crippen LogP contribution in [0.1, 0.15) is 49.9 Å². The van der Waals surface area contributed by atoms with Gasteiger partial charge < -0.3 is 4.90 Å². The van der Waals surface area contributed by atoms with Crippen LogP contribution in [0.15, 0.2) is 6.07 Å². The highest BCUT2D eigenvalue weighted by atomic mass is 16.2. The number of carbonyl (C=O) groups is 1. The van der Waals surface area contributed by atoms with E-state index in [4.69, 9.17) is 5.26 Å². The second-order valence-corrected chi connectivity index (χ2v) is 7.44. The Balaban J connectivity index is 1.43. The zero-order valence-electron chi connectivity index (χ0n) is 14.2. The molecule has 6 heteroatoms. The summed E-state index contributed by atoms with van der Waals surface area (Å²) in [5.41, 5.74) is 1.65. The molecular weight excluding hydrogens is 302 g/mol. The Morgan fingerprint density at radius 2 is 2.08 bits per heavy atom. The molecule has 128 valence electrons. The molecule has 3 heterocycles. The lowest BCUT2D eigenvalue weighted by atomic mass is 10.1. The zero-order valence-corrected chi connectivity index (χ0v) is 14.2. The molecule has 1 amide bonds. The number of likely N-dealkylation sites (tertiary alicyclic amines) is 1. The number of nitriles is 1. The van der Waals surface area contributed by atoms with E-state index < -0.39 is 0 Å². The van der Waals surface area contributed by atoms with Crippen LogP contribution in [0.2, 0.25) is 0 Å². The summed E-state index contributed by atoms with van der Waals surface area (Å²) < 4.78 is 1.99. The molecule has 3 aliphatic rings. The molecule has 1 aromatic rings. The Hall–Kier alpha value is -1.87. The quantitative estimate of drug-likeness (QED) is 0.848. The molecule has 2 fully saturated rings. The maximum atomic E-state index is 12.4. The number of aromatic nitrogens is 2. The van der Waals surface area contributed by atoms with E-state index in [-0.39, 0.29) is 0 Å². The van der Waals surface area contributed by atoms with Crippen LogP contribution in [0.4, 0.5) is 0 Å². The van der Waals surface area contributed by atoms with Crippen molar-refractivity contribution in [3.8, 4) is 6.07 Å². The van der Waals surface area contributed by atoms with E-state index in [1.807, 2.05) is 10.7 Å². The molecule has 0 aromatic carbocycles. The van der Waals surface area contributed by atoms with Crippen LogP contribution in [0, 0.1) is 17.2 Å². The predicted octanol–water partition coefficient (Wildman–Crippen LogP) is 1.75. The summed E-state index contributed by atoms with van der Waals surface area (Å²) in [5, 5.41) is 13.4. The van der Waals surface area contributed by atoms with Crippen molar-refractivity contribution < 1.29 is 4.79 Å². The van der Waals surface area contributed by atoms with Gasteiger partial charge in [0.25, 0.3) is 0 Å². The van der Waals surface area contributed by atoms with Gasteiger partial charge in [0, 0.05) is 45.2 Å². The van der Waals surface area contributed by atoms with Gasteiger partial charge in [0.1, 0.15) is 6.07 Å². The van der Waals surface area contributed by atoms with Crippen molar-refractivity contribution in [3.63, 3.8) is 0 Å². The van der Waals surface area contributed by atoms with Crippen LogP contribution >= 0.6 is 0 Å². The summed E-state index contributed by atoms with van der Waals surface area (Å²) in [7, 11) is 0. The minimum atomic E-state index is 0.344. The van der Waals surface area contributed by atoms with Crippen molar-refractivity contribution in [2.75, 3.05) is 19.6 Å². The number of aryl methyl sites for hydroxylation is 1. The summed E-state index contributed by atoms with van der Waals surface area (Å²) in [4.78, 5) is 17.0. The first-order chi connectivity index (χ1) is 11.7. The fourth-order valence-corrected chi connectivity index (χ4v) is 4.05. The number of hydrogen-bond donors (Lipinski definition) is 0. The minimum Gasteiger partial charge on any atom is -0.342 e. The third-order valence-electron chi connectivity index (χ3n) is 5.63. The second-order valence-electron chi connectivity index (χ2n) is 7.44. The standard InChI is InChI=1S/C18H25N5O/c19-11-15-10-17-13-21(7-1-8-23(17)20-15)16-4-5-18(24)22(9-6-16)12-14-2-3-14/h10,14,16H,1-9,12-13H2. The molecule has 0 N–H and O–H groups in total. The summed E-state index contributed by atoms with van der Waals surface area (Å²) in [6, 6.07) is 4.52. The first kappa shape index (κ1) is 15.6. The molecule has 1 aliphatic carbocycles. The summed E-state index contributed by atoms with van der Waals surface area (Å²) in [6.07, 6.45) is 6.35. The maximum absolute atomic E-state index is 12.4. The average Bonchev–Trinajstić information content (AvgIpc) is 3.37. The van der Waals surface area contributed by atoms with Gasteiger partial charge in [0.05, 0.1) is 5.69 Å².